The predicted octanol–water partition coefficient (Wildman–Crippen LogP) is 3.50. The van der Waals surface area contributed by atoms with Gasteiger partial charge in [-0.1, -0.05) is 18.2 Å². The summed E-state index contributed by atoms with van der Waals surface area (Å²) in [4.78, 5) is 21.3. The zero-order valence-electron chi connectivity index (χ0n) is 16.3. The van der Waals surface area contributed by atoms with Crippen molar-refractivity contribution in [2.75, 3.05) is 19.5 Å². The van der Waals surface area contributed by atoms with E-state index in [0.29, 0.717) is 29.6 Å². The van der Waals surface area contributed by atoms with Crippen LogP contribution in [-0.4, -0.2) is 31.1 Å². The number of anilines is 1. The van der Waals surface area contributed by atoms with Gasteiger partial charge in [0.2, 0.25) is 5.96 Å². The number of aliphatic imine (C=N–C) groups is 1. The first-order valence-electron chi connectivity index (χ1n) is 8.98. The Labute approximate surface area is 169 Å². The molecule has 0 spiro atoms. The number of nitrogens with one attached hydrogen (secondary N) is 2. The van der Waals surface area contributed by atoms with Crippen molar-refractivity contribution in [3.8, 4) is 11.5 Å². The zero-order valence-corrected chi connectivity index (χ0v) is 16.3. The van der Waals surface area contributed by atoms with Crippen LogP contribution in [0.3, 0.4) is 0 Å². The van der Waals surface area contributed by atoms with Crippen LogP contribution in [-0.2, 0) is 6.54 Å². The van der Waals surface area contributed by atoms with Crippen molar-refractivity contribution >= 4 is 17.6 Å². The molecule has 0 bridgehead atoms. The van der Waals surface area contributed by atoms with E-state index in [2.05, 4.69) is 20.6 Å². The van der Waals surface area contributed by atoms with Crippen molar-refractivity contribution in [1.82, 2.24) is 10.3 Å². The highest BCUT2D eigenvalue weighted by atomic mass is 16.5. The maximum atomic E-state index is 12.7. The highest BCUT2D eigenvalue weighted by Gasteiger charge is 2.11. The van der Waals surface area contributed by atoms with E-state index in [1.165, 1.54) is 0 Å². The molecule has 0 saturated heterocycles. The van der Waals surface area contributed by atoms with Gasteiger partial charge >= 0.3 is 0 Å². The van der Waals surface area contributed by atoms with Crippen molar-refractivity contribution < 1.29 is 14.3 Å². The quantitative estimate of drug-likeness (QED) is 0.497. The molecule has 0 radical (unpaired) electrons. The highest BCUT2D eigenvalue weighted by Crippen LogP contribution is 2.17. The van der Waals surface area contributed by atoms with Gasteiger partial charge in [0.1, 0.15) is 11.5 Å². The molecule has 7 nitrogen and oxygen atoms in total. The molecule has 3 aromatic rings. The summed E-state index contributed by atoms with van der Waals surface area (Å²) >= 11 is 0. The lowest BCUT2D eigenvalue weighted by molar-refractivity contribution is 0.0976. The van der Waals surface area contributed by atoms with E-state index in [9.17, 15) is 4.79 Å². The molecular weight excluding hydrogens is 368 g/mol. The second-order valence-corrected chi connectivity index (χ2v) is 6.07. The van der Waals surface area contributed by atoms with Crippen molar-refractivity contribution in [3.05, 3.63) is 84.2 Å². The molecule has 1 aromatic heterocycles. The molecule has 1 amide bonds. The van der Waals surface area contributed by atoms with E-state index in [-0.39, 0.29) is 5.91 Å². The van der Waals surface area contributed by atoms with Gasteiger partial charge < -0.3 is 14.8 Å². The van der Waals surface area contributed by atoms with E-state index in [4.69, 9.17) is 9.47 Å². The summed E-state index contributed by atoms with van der Waals surface area (Å²) in [5.74, 6) is 1.31. The summed E-state index contributed by atoms with van der Waals surface area (Å²) in [6, 6.07) is 18.0. The summed E-state index contributed by atoms with van der Waals surface area (Å²) in [5, 5.41) is 5.96. The zero-order chi connectivity index (χ0) is 20.5. The van der Waals surface area contributed by atoms with Crippen molar-refractivity contribution in [1.29, 1.82) is 0 Å². The summed E-state index contributed by atoms with van der Waals surface area (Å²) in [6.07, 6.45) is 3.43. The average molecular weight is 390 g/mol. The van der Waals surface area contributed by atoms with E-state index in [1.54, 1.807) is 50.9 Å². The second-order valence-electron chi connectivity index (χ2n) is 6.07. The Hall–Kier alpha value is -3.87. The maximum absolute atomic E-state index is 12.7. The first-order valence-corrected chi connectivity index (χ1v) is 8.98. The molecule has 0 aliphatic carbocycles. The van der Waals surface area contributed by atoms with E-state index < -0.39 is 0 Å². The molecule has 0 aliphatic heterocycles. The molecule has 0 fully saturated rings. The van der Waals surface area contributed by atoms with Crippen LogP contribution >= 0.6 is 0 Å². The van der Waals surface area contributed by atoms with E-state index >= 15 is 0 Å². The number of pyridine rings is 1. The molecule has 0 unspecified atom stereocenters. The Morgan fingerprint density at radius 1 is 1.00 bits per heavy atom. The van der Waals surface area contributed by atoms with Crippen LogP contribution in [0.25, 0.3) is 0 Å². The summed E-state index contributed by atoms with van der Waals surface area (Å²) in [6.45, 7) is 0.360. The fourth-order valence-electron chi connectivity index (χ4n) is 2.55. The molecule has 29 heavy (non-hydrogen) atoms. The number of hydrogen-bond acceptors (Lipinski definition) is 5. The van der Waals surface area contributed by atoms with E-state index in [0.717, 1.165) is 11.3 Å². The average Bonchev–Trinajstić information content (AvgIpc) is 2.78. The summed E-state index contributed by atoms with van der Waals surface area (Å²) in [5.41, 5.74) is 2.12. The third-order valence-electron chi connectivity index (χ3n) is 4.04. The molecule has 148 valence electrons. The maximum Gasteiger partial charge on any atom is 0.258 e. The standard InChI is InChI=1S/C22H22N4O3/c1-28-19-9-3-7-17(12-19)21(27)26-22(24-15-16-6-5-11-23-14-16)25-18-8-4-10-20(13-18)29-2/h3-14H,15H2,1-2H3,(H2,24,25,26,27). The minimum Gasteiger partial charge on any atom is -0.497 e. The van der Waals surface area contributed by atoms with Gasteiger partial charge in [0.25, 0.3) is 5.91 Å². The van der Waals surface area contributed by atoms with Gasteiger partial charge in [-0.25, -0.2) is 4.99 Å². The van der Waals surface area contributed by atoms with Gasteiger partial charge in [0, 0.05) is 29.7 Å². The summed E-state index contributed by atoms with van der Waals surface area (Å²) in [7, 11) is 3.16. The number of carbonyl (C=O) groups is 1. The monoisotopic (exact) mass is 390 g/mol. The van der Waals surface area contributed by atoms with Crippen LogP contribution in [0.1, 0.15) is 15.9 Å². The van der Waals surface area contributed by atoms with E-state index in [1.807, 2.05) is 36.4 Å². The number of amides is 1. The van der Waals surface area contributed by atoms with Crippen LogP contribution in [0.5, 0.6) is 11.5 Å². The lowest BCUT2D eigenvalue weighted by Crippen LogP contribution is -2.36. The Bertz CT molecular complexity index is 990. The molecule has 0 atom stereocenters. The fourth-order valence-corrected chi connectivity index (χ4v) is 2.55. The number of guanidine groups is 1. The smallest absolute Gasteiger partial charge is 0.258 e. The molecular formula is C22H22N4O3. The fraction of sp³-hybridized carbons (Fsp3) is 0.136. The Morgan fingerprint density at radius 3 is 2.48 bits per heavy atom. The summed E-state index contributed by atoms with van der Waals surface area (Å²) < 4.78 is 10.4. The van der Waals surface area contributed by atoms with Crippen LogP contribution in [0.2, 0.25) is 0 Å². The van der Waals surface area contributed by atoms with Crippen LogP contribution in [0, 0.1) is 0 Å². The number of nitrogens with zero attached hydrogens (tertiary/aromatic N) is 2. The molecule has 1 heterocycles. The van der Waals surface area contributed by atoms with Gasteiger partial charge in [-0.15, -0.1) is 0 Å². The lowest BCUT2D eigenvalue weighted by Gasteiger charge is -2.13. The number of ether oxygens (including phenoxy) is 2. The lowest BCUT2D eigenvalue weighted by atomic mass is 10.2. The van der Waals surface area contributed by atoms with Gasteiger partial charge in [-0.3, -0.25) is 15.1 Å². The van der Waals surface area contributed by atoms with Crippen LogP contribution in [0.15, 0.2) is 78.0 Å². The Kier molecular flexibility index (Phi) is 6.78. The minimum atomic E-state index is -0.302. The minimum absolute atomic E-state index is 0.302. The number of rotatable bonds is 6. The van der Waals surface area contributed by atoms with Gasteiger partial charge in [-0.2, -0.15) is 0 Å². The molecule has 2 N–H and O–H groups in total. The SMILES string of the molecule is COc1cccc(NC(=NCc2cccnc2)NC(=O)c2cccc(OC)c2)c1. The van der Waals surface area contributed by atoms with Crippen LogP contribution in [0.4, 0.5) is 5.69 Å². The molecule has 0 aliphatic rings. The molecule has 2 aromatic carbocycles. The largest absolute Gasteiger partial charge is 0.497 e. The van der Waals surface area contributed by atoms with Gasteiger partial charge in [-0.05, 0) is 42.0 Å². The molecule has 7 heteroatoms. The Morgan fingerprint density at radius 2 is 1.76 bits per heavy atom. The number of hydrogen-bond donors (Lipinski definition) is 2. The number of aromatic nitrogens is 1. The molecule has 3 rings (SSSR count). The topological polar surface area (TPSA) is 84.8 Å². The Balaban J connectivity index is 1.81. The van der Waals surface area contributed by atoms with Crippen molar-refractivity contribution in [2.45, 2.75) is 6.54 Å². The first kappa shape index (κ1) is 19.9. The molecule has 0 saturated carbocycles. The van der Waals surface area contributed by atoms with Crippen LogP contribution < -0.4 is 20.1 Å². The first-order chi connectivity index (χ1) is 14.2. The van der Waals surface area contributed by atoms with Crippen molar-refractivity contribution in [2.24, 2.45) is 4.99 Å². The van der Waals surface area contributed by atoms with Crippen molar-refractivity contribution in [3.63, 3.8) is 0 Å². The number of methoxy groups -OCH3 is 2. The van der Waals surface area contributed by atoms with Gasteiger partial charge in [0.05, 0.1) is 20.8 Å². The number of carbonyl (C=O) groups excluding carboxylic acids is 1. The highest BCUT2D eigenvalue weighted by molar-refractivity contribution is 6.10. The normalized spacial score (nSPS) is 10.9. The number of benzene rings is 2. The van der Waals surface area contributed by atoms with Gasteiger partial charge in [0.15, 0.2) is 0 Å². The predicted molar refractivity (Wildman–Crippen MR) is 112 cm³/mol. The third kappa shape index (κ3) is 5.80. The third-order valence-corrected chi connectivity index (χ3v) is 4.04. The second kappa shape index (κ2) is 9.89.